The van der Waals surface area contributed by atoms with Crippen LogP contribution in [0.2, 0.25) is 0 Å². The van der Waals surface area contributed by atoms with Crippen LogP contribution in [0.1, 0.15) is 44.4 Å². The molecule has 3 nitrogen and oxygen atoms in total. The summed E-state index contributed by atoms with van der Waals surface area (Å²) in [6.07, 6.45) is 5.81. The van der Waals surface area contributed by atoms with E-state index in [4.69, 9.17) is 5.84 Å². The van der Waals surface area contributed by atoms with Gasteiger partial charge < -0.3 is 0 Å². The molecule has 0 spiro atoms. The molecule has 1 atom stereocenters. The second-order valence-electron chi connectivity index (χ2n) is 4.28. The van der Waals surface area contributed by atoms with Gasteiger partial charge in [0.2, 0.25) is 0 Å². The first-order valence-electron chi connectivity index (χ1n) is 5.57. The Kier molecular flexibility index (Phi) is 4.72. The minimum Gasteiger partial charge on any atom is -0.271 e. The first-order valence-corrected chi connectivity index (χ1v) is 5.57. The molecule has 0 aliphatic carbocycles. The maximum atomic E-state index is 5.61. The third-order valence-electron chi connectivity index (χ3n) is 2.61. The summed E-state index contributed by atoms with van der Waals surface area (Å²) in [7, 11) is 0. The van der Waals surface area contributed by atoms with Gasteiger partial charge in [0.05, 0.1) is 0 Å². The van der Waals surface area contributed by atoms with Gasteiger partial charge in [0.1, 0.15) is 0 Å². The van der Waals surface area contributed by atoms with Gasteiger partial charge in [0, 0.05) is 18.4 Å². The van der Waals surface area contributed by atoms with Gasteiger partial charge in [-0.05, 0) is 36.0 Å². The minimum atomic E-state index is 0.239. The Balaban J connectivity index is 2.90. The van der Waals surface area contributed by atoms with Crippen LogP contribution >= 0.6 is 0 Å². The Morgan fingerprint density at radius 2 is 2.20 bits per heavy atom. The molecular weight excluding hydrogens is 186 g/mol. The van der Waals surface area contributed by atoms with Crippen LogP contribution in [0.15, 0.2) is 18.5 Å². The Morgan fingerprint density at radius 3 is 2.73 bits per heavy atom. The number of hydrogen-bond donors (Lipinski definition) is 2. The average molecular weight is 207 g/mol. The molecule has 0 aliphatic heterocycles. The smallest absolute Gasteiger partial charge is 0.0466 e. The number of hydrogen-bond acceptors (Lipinski definition) is 3. The van der Waals surface area contributed by atoms with E-state index in [0.29, 0.717) is 5.92 Å². The van der Waals surface area contributed by atoms with Crippen LogP contribution in [-0.2, 0) is 6.42 Å². The fraction of sp³-hybridized carbons (Fsp3) is 0.583. The van der Waals surface area contributed by atoms with E-state index in [1.165, 1.54) is 11.1 Å². The molecule has 0 saturated carbocycles. The first kappa shape index (κ1) is 12.1. The van der Waals surface area contributed by atoms with Gasteiger partial charge in [0.25, 0.3) is 0 Å². The standard InChI is InChI=1S/C12H21N3/c1-4-10-8-14-6-5-11(10)12(15-13)7-9(2)3/h5-6,8-9,12,15H,4,7,13H2,1-3H3. The Bertz CT molecular complexity index is 297. The molecule has 0 aromatic carbocycles. The predicted molar refractivity (Wildman–Crippen MR) is 63.1 cm³/mol. The van der Waals surface area contributed by atoms with Crippen LogP contribution in [-0.4, -0.2) is 4.98 Å². The summed E-state index contributed by atoms with van der Waals surface area (Å²) >= 11 is 0. The van der Waals surface area contributed by atoms with E-state index in [1.807, 2.05) is 12.4 Å². The number of nitrogens with one attached hydrogen (secondary N) is 1. The highest BCUT2D eigenvalue weighted by molar-refractivity contribution is 5.26. The van der Waals surface area contributed by atoms with E-state index >= 15 is 0 Å². The lowest BCUT2D eigenvalue weighted by atomic mass is 9.94. The summed E-state index contributed by atoms with van der Waals surface area (Å²) in [4.78, 5) is 4.14. The molecule has 1 aromatic heterocycles. The van der Waals surface area contributed by atoms with Crippen molar-refractivity contribution in [2.45, 2.75) is 39.7 Å². The quantitative estimate of drug-likeness (QED) is 0.575. The number of nitrogens with two attached hydrogens (primary N) is 1. The van der Waals surface area contributed by atoms with Gasteiger partial charge in [0.15, 0.2) is 0 Å². The van der Waals surface area contributed by atoms with Crippen LogP contribution < -0.4 is 11.3 Å². The summed E-state index contributed by atoms with van der Waals surface area (Å²) < 4.78 is 0. The van der Waals surface area contributed by atoms with Gasteiger partial charge in [-0.2, -0.15) is 0 Å². The van der Waals surface area contributed by atoms with Crippen LogP contribution in [0.25, 0.3) is 0 Å². The Labute approximate surface area is 92.1 Å². The molecule has 1 unspecified atom stereocenters. The first-order chi connectivity index (χ1) is 7.19. The molecule has 0 amide bonds. The second kappa shape index (κ2) is 5.83. The number of rotatable bonds is 5. The van der Waals surface area contributed by atoms with E-state index in [1.54, 1.807) is 0 Å². The van der Waals surface area contributed by atoms with Crippen molar-refractivity contribution in [2.24, 2.45) is 11.8 Å². The van der Waals surface area contributed by atoms with Crippen molar-refractivity contribution >= 4 is 0 Å². The number of aromatic nitrogens is 1. The fourth-order valence-corrected chi connectivity index (χ4v) is 1.83. The van der Waals surface area contributed by atoms with Crippen LogP contribution in [0.5, 0.6) is 0 Å². The largest absolute Gasteiger partial charge is 0.271 e. The van der Waals surface area contributed by atoms with Crippen molar-refractivity contribution in [2.75, 3.05) is 0 Å². The molecule has 0 fully saturated rings. The fourth-order valence-electron chi connectivity index (χ4n) is 1.83. The lowest BCUT2D eigenvalue weighted by Gasteiger charge is -2.20. The molecule has 3 heteroatoms. The van der Waals surface area contributed by atoms with E-state index < -0.39 is 0 Å². The van der Waals surface area contributed by atoms with Crippen LogP contribution in [0, 0.1) is 5.92 Å². The second-order valence-corrected chi connectivity index (χ2v) is 4.28. The highest BCUT2D eigenvalue weighted by atomic mass is 15.2. The van der Waals surface area contributed by atoms with E-state index in [-0.39, 0.29) is 6.04 Å². The van der Waals surface area contributed by atoms with Gasteiger partial charge in [-0.15, -0.1) is 0 Å². The van der Waals surface area contributed by atoms with Crippen molar-refractivity contribution in [1.82, 2.24) is 10.4 Å². The van der Waals surface area contributed by atoms with Crippen molar-refractivity contribution < 1.29 is 0 Å². The van der Waals surface area contributed by atoms with Gasteiger partial charge >= 0.3 is 0 Å². The van der Waals surface area contributed by atoms with Crippen LogP contribution in [0.4, 0.5) is 0 Å². The van der Waals surface area contributed by atoms with Crippen molar-refractivity contribution in [3.8, 4) is 0 Å². The lowest BCUT2D eigenvalue weighted by molar-refractivity contribution is 0.435. The maximum Gasteiger partial charge on any atom is 0.0466 e. The highest BCUT2D eigenvalue weighted by Gasteiger charge is 2.14. The molecule has 15 heavy (non-hydrogen) atoms. The molecule has 0 saturated heterocycles. The van der Waals surface area contributed by atoms with Gasteiger partial charge in [-0.1, -0.05) is 20.8 Å². The summed E-state index contributed by atoms with van der Waals surface area (Å²) in [6, 6.07) is 2.30. The Hall–Kier alpha value is -0.930. The number of nitrogens with zero attached hydrogens (tertiary/aromatic N) is 1. The Morgan fingerprint density at radius 1 is 1.47 bits per heavy atom. The molecule has 1 heterocycles. The van der Waals surface area contributed by atoms with Gasteiger partial charge in [-0.3, -0.25) is 16.3 Å². The zero-order valence-electron chi connectivity index (χ0n) is 9.83. The molecule has 3 N–H and O–H groups in total. The summed E-state index contributed by atoms with van der Waals surface area (Å²) in [6.45, 7) is 6.55. The van der Waals surface area contributed by atoms with Crippen molar-refractivity contribution in [1.29, 1.82) is 0 Å². The molecule has 0 bridgehead atoms. The molecule has 1 rings (SSSR count). The molecular formula is C12H21N3. The van der Waals surface area contributed by atoms with E-state index in [9.17, 15) is 0 Å². The summed E-state index contributed by atoms with van der Waals surface area (Å²) in [5, 5.41) is 0. The van der Waals surface area contributed by atoms with E-state index in [0.717, 1.165) is 12.8 Å². The van der Waals surface area contributed by atoms with Crippen LogP contribution in [0.3, 0.4) is 0 Å². The zero-order valence-corrected chi connectivity index (χ0v) is 9.83. The predicted octanol–water partition coefficient (Wildman–Crippen LogP) is 2.19. The van der Waals surface area contributed by atoms with E-state index in [2.05, 4.69) is 37.2 Å². The highest BCUT2D eigenvalue weighted by Crippen LogP contribution is 2.23. The number of hydrazine groups is 1. The maximum absolute atomic E-state index is 5.61. The lowest BCUT2D eigenvalue weighted by Crippen LogP contribution is -2.29. The van der Waals surface area contributed by atoms with Crippen molar-refractivity contribution in [3.05, 3.63) is 29.6 Å². The topological polar surface area (TPSA) is 50.9 Å². The monoisotopic (exact) mass is 207 g/mol. The summed E-state index contributed by atoms with van der Waals surface area (Å²) in [5.41, 5.74) is 5.46. The molecule has 1 aromatic rings. The molecule has 84 valence electrons. The SMILES string of the molecule is CCc1cnccc1C(CC(C)C)NN. The van der Waals surface area contributed by atoms with Gasteiger partial charge in [-0.25, -0.2) is 0 Å². The third kappa shape index (κ3) is 3.29. The zero-order chi connectivity index (χ0) is 11.3. The minimum absolute atomic E-state index is 0.239. The summed E-state index contributed by atoms with van der Waals surface area (Å²) in [5.74, 6) is 6.23. The van der Waals surface area contributed by atoms with Crippen molar-refractivity contribution in [3.63, 3.8) is 0 Å². The third-order valence-corrected chi connectivity index (χ3v) is 2.61. The molecule has 0 radical (unpaired) electrons. The normalized spacial score (nSPS) is 13.1. The average Bonchev–Trinajstić information content (AvgIpc) is 2.25. The number of aryl methyl sites for hydroxylation is 1. The number of pyridine rings is 1. The molecule has 0 aliphatic rings.